The fraction of sp³-hybridized carbons (Fsp3) is 0.533. The van der Waals surface area contributed by atoms with Crippen molar-refractivity contribution in [3.63, 3.8) is 0 Å². The molecule has 2 atom stereocenters. The van der Waals surface area contributed by atoms with Crippen molar-refractivity contribution < 1.29 is 28.5 Å². The number of amides is 1. The Morgan fingerprint density at radius 1 is 1.00 bits per heavy atom. The Morgan fingerprint density at radius 2 is 1.58 bits per heavy atom. The zero-order valence-corrected chi connectivity index (χ0v) is 23.1. The lowest BCUT2D eigenvalue weighted by atomic mass is 9.85. The van der Waals surface area contributed by atoms with Gasteiger partial charge in [-0.3, -0.25) is 4.90 Å². The molecule has 8 nitrogen and oxygen atoms in total. The quantitative estimate of drug-likeness (QED) is 0.540. The van der Waals surface area contributed by atoms with Gasteiger partial charge in [-0.25, -0.2) is 9.59 Å². The lowest BCUT2D eigenvalue weighted by Gasteiger charge is -2.43. The van der Waals surface area contributed by atoms with Gasteiger partial charge in [-0.15, -0.1) is 0 Å². The number of carbonyl (C=O) groups excluding carboxylic acids is 2. The summed E-state index contributed by atoms with van der Waals surface area (Å²) >= 11 is 0. The van der Waals surface area contributed by atoms with Gasteiger partial charge < -0.3 is 24.3 Å². The van der Waals surface area contributed by atoms with Crippen LogP contribution in [0.1, 0.15) is 45.7 Å². The van der Waals surface area contributed by atoms with E-state index in [0.717, 1.165) is 12.1 Å². The molecule has 38 heavy (non-hydrogen) atoms. The van der Waals surface area contributed by atoms with Crippen molar-refractivity contribution in [3.05, 3.63) is 71.8 Å². The number of likely N-dealkylation sites (tertiary alicyclic amines) is 1. The zero-order chi connectivity index (χ0) is 27.4. The molecule has 1 N–H and O–H groups in total. The molecule has 2 aliphatic rings. The lowest BCUT2D eigenvalue weighted by molar-refractivity contribution is -0.293. The van der Waals surface area contributed by atoms with Crippen LogP contribution in [0.25, 0.3) is 0 Å². The molecule has 206 valence electrons. The summed E-state index contributed by atoms with van der Waals surface area (Å²) in [5, 5.41) is 2.74. The molecule has 2 fully saturated rings. The summed E-state index contributed by atoms with van der Waals surface area (Å²) in [6.07, 6.45) is -0.839. The molecule has 1 unspecified atom stereocenters. The fourth-order valence-corrected chi connectivity index (χ4v) is 4.88. The first-order chi connectivity index (χ1) is 17.9. The van der Waals surface area contributed by atoms with E-state index in [1.165, 1.54) is 5.56 Å². The maximum atomic E-state index is 13.6. The van der Waals surface area contributed by atoms with Crippen LogP contribution in [0.3, 0.4) is 0 Å². The Labute approximate surface area is 225 Å². The smallest absolute Gasteiger partial charge is 0.408 e. The Hall–Kier alpha value is -2.94. The Balaban J connectivity index is 1.52. The number of hydrogen-bond donors (Lipinski definition) is 1. The highest BCUT2D eigenvalue weighted by Gasteiger charge is 2.53. The van der Waals surface area contributed by atoms with Crippen LogP contribution < -0.4 is 5.32 Å². The van der Waals surface area contributed by atoms with Gasteiger partial charge in [-0.05, 0) is 45.7 Å². The third-order valence-corrected chi connectivity index (χ3v) is 6.83. The van der Waals surface area contributed by atoms with Crippen LogP contribution >= 0.6 is 0 Å². The van der Waals surface area contributed by atoms with Crippen LogP contribution in [-0.2, 0) is 36.7 Å². The molecule has 1 spiro atoms. The van der Waals surface area contributed by atoms with Crippen molar-refractivity contribution in [2.75, 3.05) is 26.3 Å². The van der Waals surface area contributed by atoms with Gasteiger partial charge in [-0.2, -0.15) is 0 Å². The van der Waals surface area contributed by atoms with Gasteiger partial charge in [0.25, 0.3) is 0 Å². The first kappa shape index (κ1) is 28.1. The molecule has 2 aliphatic heterocycles. The van der Waals surface area contributed by atoms with E-state index in [1.54, 1.807) is 20.8 Å². The molecular weight excluding hydrogens is 484 g/mol. The zero-order valence-electron chi connectivity index (χ0n) is 23.1. The van der Waals surface area contributed by atoms with Crippen molar-refractivity contribution in [1.82, 2.24) is 10.2 Å². The van der Waals surface area contributed by atoms with Gasteiger partial charge in [0.2, 0.25) is 0 Å². The molecule has 2 aromatic carbocycles. The van der Waals surface area contributed by atoms with E-state index in [1.807, 2.05) is 62.4 Å². The van der Waals surface area contributed by atoms with Crippen LogP contribution in [0, 0.1) is 5.41 Å². The number of rotatable bonds is 7. The van der Waals surface area contributed by atoms with Crippen LogP contribution in [0.4, 0.5) is 4.79 Å². The lowest BCUT2D eigenvalue weighted by Crippen LogP contribution is -2.54. The first-order valence-electron chi connectivity index (χ1n) is 13.2. The molecule has 1 amide bonds. The molecule has 0 radical (unpaired) electrons. The number of carbonyl (C=O) groups is 2. The minimum atomic E-state index is -0.908. The van der Waals surface area contributed by atoms with E-state index < -0.39 is 41.0 Å². The van der Waals surface area contributed by atoms with Crippen molar-refractivity contribution >= 4 is 12.1 Å². The van der Waals surface area contributed by atoms with Crippen molar-refractivity contribution in [3.8, 4) is 0 Å². The van der Waals surface area contributed by atoms with Crippen molar-refractivity contribution in [2.45, 2.75) is 71.1 Å². The Morgan fingerprint density at radius 3 is 2.16 bits per heavy atom. The predicted molar refractivity (Wildman–Crippen MR) is 143 cm³/mol. The summed E-state index contributed by atoms with van der Waals surface area (Å²) in [5.41, 5.74) is 0.885. The number of ether oxygens (including phenoxy) is 4. The molecule has 0 aromatic heterocycles. The van der Waals surface area contributed by atoms with E-state index in [0.29, 0.717) is 26.3 Å². The predicted octanol–water partition coefficient (Wildman–Crippen LogP) is 4.32. The Kier molecular flexibility index (Phi) is 8.45. The first-order valence-corrected chi connectivity index (χ1v) is 13.2. The topological polar surface area (TPSA) is 86.3 Å². The largest absolute Gasteiger partial charge is 0.459 e. The number of esters is 1. The van der Waals surface area contributed by atoms with E-state index in [9.17, 15) is 9.59 Å². The second-order valence-corrected chi connectivity index (χ2v) is 11.8. The average Bonchev–Trinajstić information content (AvgIpc) is 3.17. The molecular formula is C30H40N2O6. The summed E-state index contributed by atoms with van der Waals surface area (Å²) in [7, 11) is 0. The maximum absolute atomic E-state index is 13.6. The summed E-state index contributed by atoms with van der Waals surface area (Å²) in [6, 6.07) is 18.8. The van der Waals surface area contributed by atoms with Crippen LogP contribution in [0.5, 0.6) is 0 Å². The molecule has 4 rings (SSSR count). The Bertz CT molecular complexity index is 1070. The van der Waals surface area contributed by atoms with E-state index in [-0.39, 0.29) is 6.42 Å². The molecule has 2 aromatic rings. The number of nitrogens with one attached hydrogen (secondary N) is 1. The minimum absolute atomic E-state index is 0.284. The van der Waals surface area contributed by atoms with E-state index >= 15 is 0 Å². The number of alkyl carbamates (subject to hydrolysis) is 1. The summed E-state index contributed by atoms with van der Waals surface area (Å²) < 4.78 is 23.7. The highest BCUT2D eigenvalue weighted by atomic mass is 16.7. The summed E-state index contributed by atoms with van der Waals surface area (Å²) in [5.74, 6) is -1.20. The fourth-order valence-electron chi connectivity index (χ4n) is 4.88. The molecule has 2 heterocycles. The van der Waals surface area contributed by atoms with Crippen LogP contribution in [0.2, 0.25) is 0 Å². The van der Waals surface area contributed by atoms with E-state index in [4.69, 9.17) is 18.9 Å². The van der Waals surface area contributed by atoms with Gasteiger partial charge >= 0.3 is 12.1 Å². The van der Waals surface area contributed by atoms with Gasteiger partial charge in [0.15, 0.2) is 5.79 Å². The minimum Gasteiger partial charge on any atom is -0.459 e. The molecule has 2 saturated heterocycles. The second kappa shape index (κ2) is 11.4. The third kappa shape index (κ3) is 7.56. The monoisotopic (exact) mass is 524 g/mol. The second-order valence-electron chi connectivity index (χ2n) is 11.8. The van der Waals surface area contributed by atoms with Crippen molar-refractivity contribution in [1.29, 1.82) is 0 Å². The van der Waals surface area contributed by atoms with Gasteiger partial charge in [0.1, 0.15) is 17.7 Å². The number of nitrogens with zero attached hydrogens (tertiary/aromatic N) is 1. The van der Waals surface area contributed by atoms with Crippen LogP contribution in [0.15, 0.2) is 60.7 Å². The summed E-state index contributed by atoms with van der Waals surface area (Å²) in [6.45, 7) is 11.9. The van der Waals surface area contributed by atoms with Gasteiger partial charge in [0, 0.05) is 26.1 Å². The molecule has 0 saturated carbocycles. The standard InChI is InChI=1S/C30H40N2O6/c1-28(2,3)38-27(34)31-24(16-22-12-8-6-9-13-22)26(33)37-25-18-32(17-23-14-10-7-11-15-23)19-30(25)20-35-29(4,5)36-21-30/h6-15,24-25H,16-21H2,1-5H3,(H,31,34)/t24-,25?/m0/s1. The highest BCUT2D eigenvalue weighted by molar-refractivity contribution is 5.82. The molecule has 0 aliphatic carbocycles. The normalized spacial score (nSPS) is 21.6. The van der Waals surface area contributed by atoms with Gasteiger partial charge in [0.05, 0.1) is 18.6 Å². The SMILES string of the molecule is CC(C)(C)OC(=O)N[C@@H](Cc1ccccc1)C(=O)OC1CN(Cc2ccccc2)CC12COC(C)(C)OC2. The van der Waals surface area contributed by atoms with Gasteiger partial charge in [-0.1, -0.05) is 60.7 Å². The third-order valence-electron chi connectivity index (χ3n) is 6.83. The average molecular weight is 525 g/mol. The number of hydrogen-bond acceptors (Lipinski definition) is 7. The summed E-state index contributed by atoms with van der Waals surface area (Å²) in [4.78, 5) is 28.5. The molecule has 0 bridgehead atoms. The van der Waals surface area contributed by atoms with E-state index in [2.05, 4.69) is 22.3 Å². The van der Waals surface area contributed by atoms with Crippen LogP contribution in [-0.4, -0.2) is 66.8 Å². The maximum Gasteiger partial charge on any atom is 0.408 e. The van der Waals surface area contributed by atoms with Crippen molar-refractivity contribution in [2.24, 2.45) is 5.41 Å². The molecule has 8 heteroatoms. The highest BCUT2D eigenvalue weighted by Crippen LogP contribution is 2.40. The number of benzene rings is 2.